The molecule has 0 fully saturated rings. The Bertz CT molecular complexity index is 874. The summed E-state index contributed by atoms with van der Waals surface area (Å²) in [6, 6.07) is 14.1. The Morgan fingerprint density at radius 1 is 1.23 bits per heavy atom. The van der Waals surface area contributed by atoms with Gasteiger partial charge in [0.2, 0.25) is 5.91 Å². The second-order valence-electron chi connectivity index (χ2n) is 6.48. The lowest BCUT2D eigenvalue weighted by molar-refractivity contribution is -0.384. The van der Waals surface area contributed by atoms with Crippen LogP contribution in [0.4, 0.5) is 5.69 Å². The van der Waals surface area contributed by atoms with Gasteiger partial charge in [-0.15, -0.1) is 0 Å². The summed E-state index contributed by atoms with van der Waals surface area (Å²) >= 11 is 0. The molecule has 1 amide bonds. The molecule has 6 heteroatoms. The number of nitrogens with zero attached hydrogens (tertiary/aromatic N) is 2. The van der Waals surface area contributed by atoms with E-state index in [2.05, 4.69) is 0 Å². The van der Waals surface area contributed by atoms with Crippen molar-refractivity contribution < 1.29 is 14.8 Å². The van der Waals surface area contributed by atoms with Crippen LogP contribution < -0.4 is 0 Å². The van der Waals surface area contributed by atoms with E-state index in [9.17, 15) is 20.0 Å². The molecule has 0 bridgehead atoms. The number of carbonyl (C=O) groups is 1. The van der Waals surface area contributed by atoms with E-state index in [0.717, 1.165) is 16.7 Å². The Morgan fingerprint density at radius 3 is 2.50 bits per heavy atom. The second kappa shape index (κ2) is 7.09. The summed E-state index contributed by atoms with van der Waals surface area (Å²) in [4.78, 5) is 23.9. The van der Waals surface area contributed by atoms with Gasteiger partial charge in [0, 0.05) is 31.4 Å². The second-order valence-corrected chi connectivity index (χ2v) is 6.48. The summed E-state index contributed by atoms with van der Waals surface area (Å²) in [6.07, 6.45) is 1.34. The largest absolute Gasteiger partial charge is 0.373 e. The van der Waals surface area contributed by atoms with Crippen molar-refractivity contribution in [3.8, 4) is 0 Å². The summed E-state index contributed by atoms with van der Waals surface area (Å²) < 4.78 is 0. The molecule has 1 heterocycles. The van der Waals surface area contributed by atoms with Gasteiger partial charge in [0.1, 0.15) is 6.23 Å². The topological polar surface area (TPSA) is 83.7 Å². The van der Waals surface area contributed by atoms with Gasteiger partial charge in [0.15, 0.2) is 0 Å². The van der Waals surface area contributed by atoms with E-state index in [1.807, 2.05) is 37.3 Å². The van der Waals surface area contributed by atoms with Crippen LogP contribution in [-0.4, -0.2) is 27.1 Å². The highest BCUT2D eigenvalue weighted by Crippen LogP contribution is 2.36. The molecule has 2 atom stereocenters. The van der Waals surface area contributed by atoms with Crippen LogP contribution in [0.3, 0.4) is 0 Å². The highest BCUT2D eigenvalue weighted by Gasteiger charge is 2.31. The van der Waals surface area contributed by atoms with E-state index in [1.165, 1.54) is 24.0 Å². The predicted octanol–water partition coefficient (Wildman–Crippen LogP) is 3.60. The van der Waals surface area contributed by atoms with Crippen molar-refractivity contribution in [1.29, 1.82) is 0 Å². The van der Waals surface area contributed by atoms with E-state index in [-0.39, 0.29) is 17.5 Å². The van der Waals surface area contributed by atoms with Crippen LogP contribution in [0, 0.1) is 17.0 Å². The van der Waals surface area contributed by atoms with E-state index < -0.39 is 11.2 Å². The van der Waals surface area contributed by atoms with Crippen LogP contribution in [0.25, 0.3) is 5.70 Å². The minimum absolute atomic E-state index is 0.0263. The maximum Gasteiger partial charge on any atom is 0.269 e. The fraction of sp³-hybridized carbons (Fsp3) is 0.250. The van der Waals surface area contributed by atoms with Crippen molar-refractivity contribution in [1.82, 2.24) is 4.90 Å². The molecule has 0 aromatic heterocycles. The third-order valence-electron chi connectivity index (χ3n) is 4.57. The smallest absolute Gasteiger partial charge is 0.269 e. The van der Waals surface area contributed by atoms with Crippen LogP contribution >= 0.6 is 0 Å². The first-order valence-electron chi connectivity index (χ1n) is 8.38. The van der Waals surface area contributed by atoms with E-state index in [1.54, 1.807) is 12.1 Å². The van der Waals surface area contributed by atoms with Crippen molar-refractivity contribution in [2.45, 2.75) is 32.4 Å². The molecule has 0 spiro atoms. The number of aliphatic hydroxyl groups is 1. The van der Waals surface area contributed by atoms with Crippen LogP contribution in [0.5, 0.6) is 0 Å². The molecule has 2 aromatic rings. The highest BCUT2D eigenvalue weighted by atomic mass is 16.6. The zero-order chi connectivity index (χ0) is 18.8. The van der Waals surface area contributed by atoms with Gasteiger partial charge in [-0.05, 0) is 24.1 Å². The summed E-state index contributed by atoms with van der Waals surface area (Å²) in [5.41, 5.74) is 3.45. The van der Waals surface area contributed by atoms with Gasteiger partial charge in [-0.3, -0.25) is 19.8 Å². The van der Waals surface area contributed by atoms with E-state index in [4.69, 9.17) is 0 Å². The molecule has 0 saturated heterocycles. The first kappa shape index (κ1) is 17.8. The average molecular weight is 352 g/mol. The molecule has 1 aliphatic heterocycles. The van der Waals surface area contributed by atoms with Crippen molar-refractivity contribution in [3.05, 3.63) is 81.4 Å². The number of hydrogen-bond acceptors (Lipinski definition) is 4. The fourth-order valence-electron chi connectivity index (χ4n) is 3.33. The quantitative estimate of drug-likeness (QED) is 0.676. The van der Waals surface area contributed by atoms with Gasteiger partial charge in [-0.1, -0.05) is 42.0 Å². The number of allylic oxidation sites excluding steroid dienone is 1. The number of nitro groups is 1. The number of aliphatic hydroxyl groups excluding tert-OH is 1. The van der Waals surface area contributed by atoms with Gasteiger partial charge in [-0.2, -0.15) is 0 Å². The summed E-state index contributed by atoms with van der Waals surface area (Å²) in [6.45, 7) is 3.40. The molecule has 0 saturated carbocycles. The Balaban J connectivity index is 2.04. The zero-order valence-corrected chi connectivity index (χ0v) is 14.6. The molecule has 6 nitrogen and oxygen atoms in total. The van der Waals surface area contributed by atoms with Crippen LogP contribution in [0.2, 0.25) is 0 Å². The fourth-order valence-corrected chi connectivity index (χ4v) is 3.33. The van der Waals surface area contributed by atoms with Crippen molar-refractivity contribution in [3.63, 3.8) is 0 Å². The molecule has 1 N–H and O–H groups in total. The van der Waals surface area contributed by atoms with Crippen molar-refractivity contribution in [2.75, 3.05) is 0 Å². The van der Waals surface area contributed by atoms with Gasteiger partial charge in [0.05, 0.1) is 10.6 Å². The predicted molar refractivity (Wildman–Crippen MR) is 98.1 cm³/mol. The molecule has 2 aromatic carbocycles. The lowest BCUT2D eigenvalue weighted by Crippen LogP contribution is -2.41. The molecule has 0 aliphatic carbocycles. The Kier molecular flexibility index (Phi) is 4.86. The lowest BCUT2D eigenvalue weighted by atomic mass is 9.88. The summed E-state index contributed by atoms with van der Waals surface area (Å²) in [7, 11) is 0. The van der Waals surface area contributed by atoms with E-state index >= 15 is 0 Å². The molecule has 1 unspecified atom stereocenters. The number of rotatable bonds is 3. The number of nitro benzene ring substituents is 1. The molecule has 0 radical (unpaired) electrons. The lowest BCUT2D eigenvalue weighted by Gasteiger charge is -2.36. The number of hydrogen-bond donors (Lipinski definition) is 1. The summed E-state index contributed by atoms with van der Waals surface area (Å²) in [5.74, 6) is -0.371. The molecule has 3 rings (SSSR count). The molecule has 1 aliphatic rings. The third kappa shape index (κ3) is 3.50. The SMILES string of the molecule is CC(=O)N1C(c2cccc(C)c2)=C[C@H](c2ccc([N+](=O)[O-])cc2)CC1O. The normalized spacial score (nSPS) is 19.8. The molecular formula is C20H20N2O4. The standard InChI is InChI=1S/C20H20N2O4/c1-13-4-3-5-16(10-13)19-11-17(12-20(24)21(19)14(2)23)15-6-8-18(9-7-15)22(25)26/h3-11,17,20,24H,12H2,1-2H3/t17-,20?/m0/s1. The first-order valence-corrected chi connectivity index (χ1v) is 8.38. The number of amides is 1. The minimum Gasteiger partial charge on any atom is -0.373 e. The number of aryl methyl sites for hydroxylation is 1. The molecular weight excluding hydrogens is 332 g/mol. The Hall–Kier alpha value is -2.99. The third-order valence-corrected chi connectivity index (χ3v) is 4.57. The van der Waals surface area contributed by atoms with Gasteiger partial charge in [-0.25, -0.2) is 0 Å². The number of non-ortho nitro benzene ring substituents is 1. The van der Waals surface area contributed by atoms with Gasteiger partial charge in [0.25, 0.3) is 5.69 Å². The molecule has 26 heavy (non-hydrogen) atoms. The van der Waals surface area contributed by atoms with Crippen molar-refractivity contribution in [2.24, 2.45) is 0 Å². The number of carbonyl (C=O) groups excluding carboxylic acids is 1. The Morgan fingerprint density at radius 2 is 1.92 bits per heavy atom. The molecule has 134 valence electrons. The maximum absolute atomic E-state index is 12.1. The van der Waals surface area contributed by atoms with Crippen molar-refractivity contribution >= 4 is 17.3 Å². The van der Waals surface area contributed by atoms with Crippen LogP contribution in [0.15, 0.2) is 54.6 Å². The first-order chi connectivity index (χ1) is 12.4. The van der Waals surface area contributed by atoms with Crippen LogP contribution in [-0.2, 0) is 4.79 Å². The minimum atomic E-state index is -0.951. The van der Waals surface area contributed by atoms with E-state index in [0.29, 0.717) is 12.1 Å². The zero-order valence-electron chi connectivity index (χ0n) is 14.6. The summed E-state index contributed by atoms with van der Waals surface area (Å²) in [5, 5.41) is 21.4. The monoisotopic (exact) mass is 352 g/mol. The highest BCUT2D eigenvalue weighted by molar-refractivity contribution is 5.86. The maximum atomic E-state index is 12.1. The Labute approximate surface area is 151 Å². The number of benzene rings is 2. The van der Waals surface area contributed by atoms with Gasteiger partial charge >= 0.3 is 0 Å². The average Bonchev–Trinajstić information content (AvgIpc) is 2.60. The van der Waals surface area contributed by atoms with Gasteiger partial charge < -0.3 is 5.11 Å². The van der Waals surface area contributed by atoms with Crippen LogP contribution in [0.1, 0.15) is 36.0 Å².